The lowest BCUT2D eigenvalue weighted by Gasteiger charge is -2.36. The maximum Gasteiger partial charge on any atom is 0.254 e. The fraction of sp³-hybridized carbons (Fsp3) is 0.294. The average molecular weight is 297 g/mol. The maximum absolute atomic E-state index is 12.8. The number of pyridine rings is 1. The molecule has 3 rings (SSSR count). The molecule has 1 N–H and O–H groups in total. The van der Waals surface area contributed by atoms with Crippen molar-refractivity contribution in [1.29, 1.82) is 0 Å². The van der Waals surface area contributed by atoms with Crippen molar-refractivity contribution in [2.45, 2.75) is 6.04 Å². The molecule has 2 aromatic rings. The number of hydrogen-bond acceptors (Lipinski definition) is 4. The van der Waals surface area contributed by atoms with Gasteiger partial charge < -0.3 is 15.0 Å². The van der Waals surface area contributed by atoms with Gasteiger partial charge in [-0.3, -0.25) is 9.78 Å². The van der Waals surface area contributed by atoms with Crippen molar-refractivity contribution >= 4 is 5.91 Å². The van der Waals surface area contributed by atoms with E-state index < -0.39 is 0 Å². The molecule has 0 aliphatic carbocycles. The second-order valence-corrected chi connectivity index (χ2v) is 5.23. The third kappa shape index (κ3) is 2.94. The smallest absolute Gasteiger partial charge is 0.254 e. The van der Waals surface area contributed by atoms with E-state index in [9.17, 15) is 4.79 Å². The van der Waals surface area contributed by atoms with Gasteiger partial charge in [0, 0.05) is 37.6 Å². The normalized spacial score (nSPS) is 18.0. The van der Waals surface area contributed by atoms with Gasteiger partial charge in [-0.05, 0) is 35.9 Å². The van der Waals surface area contributed by atoms with Crippen LogP contribution in [0.25, 0.3) is 0 Å². The lowest BCUT2D eigenvalue weighted by atomic mass is 10.0. The van der Waals surface area contributed by atoms with Crippen molar-refractivity contribution in [1.82, 2.24) is 15.2 Å². The zero-order valence-corrected chi connectivity index (χ0v) is 12.5. The molecule has 0 bridgehead atoms. The van der Waals surface area contributed by atoms with Crippen LogP contribution in [0.4, 0.5) is 0 Å². The number of aromatic nitrogens is 1. The third-order valence-electron chi connectivity index (χ3n) is 3.91. The van der Waals surface area contributed by atoms with Gasteiger partial charge in [-0.15, -0.1) is 0 Å². The first-order chi connectivity index (χ1) is 10.8. The van der Waals surface area contributed by atoms with E-state index in [1.165, 1.54) is 0 Å². The highest BCUT2D eigenvalue weighted by Gasteiger charge is 2.28. The molecule has 1 saturated heterocycles. The molecular formula is C17H19N3O2. The highest BCUT2D eigenvalue weighted by molar-refractivity contribution is 5.94. The minimum Gasteiger partial charge on any atom is -0.497 e. The van der Waals surface area contributed by atoms with Crippen molar-refractivity contribution in [3.05, 3.63) is 59.9 Å². The van der Waals surface area contributed by atoms with Crippen LogP contribution in [0.3, 0.4) is 0 Å². The molecule has 1 amide bonds. The van der Waals surface area contributed by atoms with E-state index in [1.54, 1.807) is 13.3 Å². The minimum absolute atomic E-state index is 0.0112. The highest BCUT2D eigenvalue weighted by Crippen LogP contribution is 2.24. The van der Waals surface area contributed by atoms with E-state index in [0.29, 0.717) is 12.1 Å². The molecule has 1 aromatic heterocycles. The number of rotatable bonds is 3. The van der Waals surface area contributed by atoms with Crippen LogP contribution in [0.1, 0.15) is 22.0 Å². The Morgan fingerprint density at radius 2 is 2.14 bits per heavy atom. The maximum atomic E-state index is 12.8. The third-order valence-corrected chi connectivity index (χ3v) is 3.91. The van der Waals surface area contributed by atoms with E-state index >= 15 is 0 Å². The molecule has 1 fully saturated rings. The summed E-state index contributed by atoms with van der Waals surface area (Å²) in [6.07, 6.45) is 3.57. The van der Waals surface area contributed by atoms with Crippen molar-refractivity contribution in [3.63, 3.8) is 0 Å². The molecule has 1 aliphatic heterocycles. The fourth-order valence-electron chi connectivity index (χ4n) is 2.72. The van der Waals surface area contributed by atoms with Gasteiger partial charge in [0.15, 0.2) is 0 Å². The summed E-state index contributed by atoms with van der Waals surface area (Å²) in [5.41, 5.74) is 1.73. The van der Waals surface area contributed by atoms with Gasteiger partial charge in [-0.1, -0.05) is 6.07 Å². The quantitative estimate of drug-likeness (QED) is 0.940. The highest BCUT2D eigenvalue weighted by atomic mass is 16.5. The monoisotopic (exact) mass is 297 g/mol. The second-order valence-electron chi connectivity index (χ2n) is 5.23. The Morgan fingerprint density at radius 3 is 2.82 bits per heavy atom. The summed E-state index contributed by atoms with van der Waals surface area (Å²) in [5.74, 6) is 0.790. The molecule has 0 radical (unpaired) electrons. The molecule has 2 heterocycles. The van der Waals surface area contributed by atoms with Crippen LogP contribution in [-0.4, -0.2) is 42.5 Å². The SMILES string of the molecule is COc1ccc(C(=O)N2CCNCC2c2cccnc2)cc1. The number of carbonyl (C=O) groups is 1. The minimum atomic E-state index is 0.0112. The summed E-state index contributed by atoms with van der Waals surface area (Å²) in [6, 6.07) is 11.2. The summed E-state index contributed by atoms with van der Waals surface area (Å²) in [5, 5.41) is 3.35. The lowest BCUT2D eigenvalue weighted by molar-refractivity contribution is 0.0634. The van der Waals surface area contributed by atoms with Gasteiger partial charge in [-0.2, -0.15) is 0 Å². The Balaban J connectivity index is 1.85. The number of methoxy groups -OCH3 is 1. The van der Waals surface area contributed by atoms with E-state index in [2.05, 4.69) is 10.3 Å². The summed E-state index contributed by atoms with van der Waals surface area (Å²) in [7, 11) is 1.62. The predicted molar refractivity (Wildman–Crippen MR) is 83.9 cm³/mol. The molecule has 5 nitrogen and oxygen atoms in total. The largest absolute Gasteiger partial charge is 0.497 e. The van der Waals surface area contributed by atoms with Crippen LogP contribution in [0.15, 0.2) is 48.8 Å². The molecule has 1 atom stereocenters. The lowest BCUT2D eigenvalue weighted by Crippen LogP contribution is -2.48. The van der Waals surface area contributed by atoms with E-state index in [0.717, 1.165) is 24.4 Å². The van der Waals surface area contributed by atoms with Gasteiger partial charge in [-0.25, -0.2) is 0 Å². The van der Waals surface area contributed by atoms with Crippen LogP contribution in [0.2, 0.25) is 0 Å². The molecule has 0 saturated carbocycles. The summed E-state index contributed by atoms with van der Waals surface area (Å²) in [6.45, 7) is 2.23. The first kappa shape index (κ1) is 14.5. The van der Waals surface area contributed by atoms with Gasteiger partial charge in [0.25, 0.3) is 5.91 Å². The summed E-state index contributed by atoms with van der Waals surface area (Å²) < 4.78 is 5.14. The number of amides is 1. The fourth-order valence-corrected chi connectivity index (χ4v) is 2.72. The van der Waals surface area contributed by atoms with Gasteiger partial charge in [0.2, 0.25) is 0 Å². The van der Waals surface area contributed by atoms with Crippen molar-refractivity contribution < 1.29 is 9.53 Å². The zero-order valence-electron chi connectivity index (χ0n) is 12.5. The first-order valence-corrected chi connectivity index (χ1v) is 7.35. The van der Waals surface area contributed by atoms with Crippen LogP contribution in [-0.2, 0) is 0 Å². The van der Waals surface area contributed by atoms with E-state index in [1.807, 2.05) is 47.5 Å². The topological polar surface area (TPSA) is 54.5 Å². The average Bonchev–Trinajstić information content (AvgIpc) is 2.62. The Kier molecular flexibility index (Phi) is 4.34. The Labute approximate surface area is 129 Å². The Morgan fingerprint density at radius 1 is 1.32 bits per heavy atom. The van der Waals surface area contributed by atoms with E-state index in [-0.39, 0.29) is 11.9 Å². The zero-order chi connectivity index (χ0) is 15.4. The Hall–Kier alpha value is -2.40. The molecule has 1 unspecified atom stereocenters. The van der Waals surface area contributed by atoms with Crippen molar-refractivity contribution in [2.75, 3.05) is 26.7 Å². The summed E-state index contributed by atoms with van der Waals surface area (Å²) in [4.78, 5) is 18.9. The standard InChI is InChI=1S/C17H19N3O2/c1-22-15-6-4-13(5-7-15)17(21)20-10-9-19-12-16(20)14-3-2-8-18-11-14/h2-8,11,16,19H,9-10,12H2,1H3. The van der Waals surface area contributed by atoms with Crippen LogP contribution in [0, 0.1) is 0 Å². The predicted octanol–water partition coefficient (Wildman–Crippen LogP) is 1.88. The number of piperazine rings is 1. The molecule has 1 aromatic carbocycles. The molecular weight excluding hydrogens is 278 g/mol. The van der Waals surface area contributed by atoms with Crippen LogP contribution < -0.4 is 10.1 Å². The number of carbonyl (C=O) groups excluding carboxylic acids is 1. The molecule has 114 valence electrons. The van der Waals surface area contributed by atoms with Crippen molar-refractivity contribution in [2.24, 2.45) is 0 Å². The Bertz CT molecular complexity index is 628. The molecule has 22 heavy (non-hydrogen) atoms. The van der Waals surface area contributed by atoms with E-state index in [4.69, 9.17) is 4.74 Å². The van der Waals surface area contributed by atoms with Crippen molar-refractivity contribution in [3.8, 4) is 5.75 Å². The molecule has 0 spiro atoms. The van der Waals surface area contributed by atoms with Crippen LogP contribution in [0.5, 0.6) is 5.75 Å². The molecule has 1 aliphatic rings. The van der Waals surface area contributed by atoms with Crippen LogP contribution >= 0.6 is 0 Å². The number of nitrogens with zero attached hydrogens (tertiary/aromatic N) is 2. The summed E-state index contributed by atoms with van der Waals surface area (Å²) >= 11 is 0. The number of benzene rings is 1. The van der Waals surface area contributed by atoms with Gasteiger partial charge >= 0.3 is 0 Å². The van der Waals surface area contributed by atoms with Gasteiger partial charge in [0.05, 0.1) is 13.2 Å². The van der Waals surface area contributed by atoms with Gasteiger partial charge in [0.1, 0.15) is 5.75 Å². The molecule has 5 heteroatoms. The number of hydrogen-bond donors (Lipinski definition) is 1. The number of nitrogens with one attached hydrogen (secondary N) is 1. The second kappa shape index (κ2) is 6.58. The number of ether oxygens (including phenoxy) is 1. The first-order valence-electron chi connectivity index (χ1n) is 7.35.